The zero-order chi connectivity index (χ0) is 7.28. The average molecular weight is 207 g/mol. The van der Waals surface area contributed by atoms with Crippen LogP contribution in [-0.4, -0.2) is 0 Å². The van der Waals surface area contributed by atoms with Gasteiger partial charge in [0.2, 0.25) is 0 Å². The van der Waals surface area contributed by atoms with Crippen LogP contribution in [0, 0.1) is 5.92 Å². The van der Waals surface area contributed by atoms with Crippen LogP contribution in [0.15, 0.2) is 12.2 Å². The van der Waals surface area contributed by atoms with E-state index >= 15 is 0 Å². The summed E-state index contributed by atoms with van der Waals surface area (Å²) >= 11 is 0. The molecule has 10 heavy (non-hydrogen) atoms. The molecule has 0 rings (SSSR count). The topological polar surface area (TPSA) is 0 Å². The lowest BCUT2D eigenvalue weighted by atomic mass is 10.0. The van der Waals surface area contributed by atoms with Crippen molar-refractivity contribution in [2.45, 2.75) is 40.0 Å². The highest BCUT2D eigenvalue weighted by Gasteiger charge is 1.92. The van der Waals surface area contributed by atoms with Crippen molar-refractivity contribution in [3.8, 4) is 0 Å². The van der Waals surface area contributed by atoms with Crippen LogP contribution in [0.4, 0.5) is 0 Å². The molecular weight excluding hydrogens is 188 g/mol. The monoisotopic (exact) mass is 206 g/mol. The molecule has 0 spiro atoms. The first kappa shape index (κ1) is 12.9. The third-order valence-corrected chi connectivity index (χ3v) is 1.39. The largest absolute Gasteiger partial charge is 0.114 e. The van der Waals surface area contributed by atoms with E-state index in [4.69, 9.17) is 0 Å². The Balaban J connectivity index is 0. The van der Waals surface area contributed by atoms with Crippen LogP contribution in [0.25, 0.3) is 0 Å². The third-order valence-electron chi connectivity index (χ3n) is 1.39. The molecule has 0 N–H and O–H groups in total. The van der Waals surface area contributed by atoms with Gasteiger partial charge in [-0.1, -0.05) is 25.8 Å². The van der Waals surface area contributed by atoms with Crippen molar-refractivity contribution in [3.63, 3.8) is 0 Å². The van der Waals surface area contributed by atoms with Crippen molar-refractivity contribution in [3.05, 3.63) is 12.2 Å². The fraction of sp³-hybridized carbons (Fsp3) is 0.778. The van der Waals surface area contributed by atoms with Gasteiger partial charge in [-0.15, -0.1) is 23.6 Å². The van der Waals surface area contributed by atoms with Gasteiger partial charge in [-0.2, -0.15) is 0 Å². The van der Waals surface area contributed by atoms with E-state index in [0.29, 0.717) is 0 Å². The molecule has 0 aromatic rings. The summed E-state index contributed by atoms with van der Waals surface area (Å²) in [5.74, 6) is 0.851. The van der Waals surface area contributed by atoms with Crippen LogP contribution in [0.2, 0.25) is 0 Å². The maximum Gasteiger partial charge on any atom is -0.0326 e. The van der Waals surface area contributed by atoms with Gasteiger partial charge in [-0.05, 0) is 25.7 Å². The Hall–Kier alpha value is 0.220. The predicted octanol–water partition coefficient (Wildman–Crippen LogP) is 3.97. The maximum atomic E-state index is 3.85. The Morgan fingerprint density at radius 1 is 1.40 bits per heavy atom. The van der Waals surface area contributed by atoms with Crippen molar-refractivity contribution in [1.82, 2.24) is 0 Å². The summed E-state index contributed by atoms with van der Waals surface area (Å²) in [6, 6.07) is 0. The number of halogens is 1. The van der Waals surface area contributed by atoms with Crippen molar-refractivity contribution in [2.75, 3.05) is 0 Å². The van der Waals surface area contributed by atoms with Gasteiger partial charge in [0.1, 0.15) is 0 Å². The second-order valence-corrected chi connectivity index (χ2v) is 3.24. The molecule has 0 unspecified atom stereocenters. The standard InChI is InChI=1S/C9H18.BrH/c1-8(2)6-5-7-9(3)4;/h9H,1,5-7H2,2-4H3;1H. The molecule has 0 aromatic heterocycles. The molecule has 0 atom stereocenters. The van der Waals surface area contributed by atoms with Crippen LogP contribution in [0.1, 0.15) is 40.0 Å². The molecule has 0 saturated carbocycles. The molecule has 0 saturated heterocycles. The van der Waals surface area contributed by atoms with Crippen molar-refractivity contribution >= 4 is 17.0 Å². The summed E-state index contributed by atoms with van der Waals surface area (Å²) < 4.78 is 0. The van der Waals surface area contributed by atoms with E-state index in [9.17, 15) is 0 Å². The maximum absolute atomic E-state index is 3.85. The zero-order valence-corrected chi connectivity index (χ0v) is 9.03. The molecule has 0 nitrogen and oxygen atoms in total. The van der Waals surface area contributed by atoms with E-state index in [1.54, 1.807) is 0 Å². The number of allylic oxidation sites excluding steroid dienone is 1. The Bertz CT molecular complexity index is 84.7. The van der Waals surface area contributed by atoms with Crippen molar-refractivity contribution < 1.29 is 0 Å². The first-order valence-electron chi connectivity index (χ1n) is 3.77. The Kier molecular flexibility index (Phi) is 9.42. The molecule has 0 aliphatic heterocycles. The van der Waals surface area contributed by atoms with Gasteiger partial charge in [0, 0.05) is 0 Å². The molecule has 0 aromatic carbocycles. The number of rotatable bonds is 4. The smallest absolute Gasteiger partial charge is 0.0326 e. The van der Waals surface area contributed by atoms with Crippen molar-refractivity contribution in [1.29, 1.82) is 0 Å². The Morgan fingerprint density at radius 3 is 2.20 bits per heavy atom. The minimum atomic E-state index is 0. The van der Waals surface area contributed by atoms with Gasteiger partial charge in [0.15, 0.2) is 0 Å². The van der Waals surface area contributed by atoms with Gasteiger partial charge in [0.25, 0.3) is 0 Å². The SMILES string of the molecule is Br.C=C(C)CCCC(C)C. The quantitative estimate of drug-likeness (QED) is 0.612. The Morgan fingerprint density at radius 2 is 1.90 bits per heavy atom. The molecule has 1 heteroatoms. The van der Waals surface area contributed by atoms with Crippen LogP contribution in [-0.2, 0) is 0 Å². The predicted molar refractivity (Wildman–Crippen MR) is 53.8 cm³/mol. The lowest BCUT2D eigenvalue weighted by Crippen LogP contribution is -1.86. The lowest BCUT2D eigenvalue weighted by molar-refractivity contribution is 0.555. The first-order valence-corrected chi connectivity index (χ1v) is 3.77. The molecule has 0 heterocycles. The summed E-state index contributed by atoms with van der Waals surface area (Å²) in [7, 11) is 0. The molecule has 62 valence electrons. The second kappa shape index (κ2) is 7.33. The van der Waals surface area contributed by atoms with Gasteiger partial charge in [-0.25, -0.2) is 0 Å². The zero-order valence-electron chi connectivity index (χ0n) is 7.31. The molecule has 0 radical (unpaired) electrons. The van der Waals surface area contributed by atoms with Crippen LogP contribution < -0.4 is 0 Å². The summed E-state index contributed by atoms with van der Waals surface area (Å²) in [6.07, 6.45) is 3.86. The molecule has 0 aliphatic rings. The second-order valence-electron chi connectivity index (χ2n) is 3.24. The molecular formula is C9H19Br. The van der Waals surface area contributed by atoms with Crippen molar-refractivity contribution in [2.24, 2.45) is 5.92 Å². The normalized spacial score (nSPS) is 9.20. The first-order chi connectivity index (χ1) is 4.13. The summed E-state index contributed by atoms with van der Waals surface area (Å²) in [4.78, 5) is 0. The summed E-state index contributed by atoms with van der Waals surface area (Å²) in [5.41, 5.74) is 1.32. The molecule has 0 bridgehead atoms. The highest BCUT2D eigenvalue weighted by Crippen LogP contribution is 2.09. The average Bonchev–Trinajstić information content (AvgIpc) is 1.63. The van der Waals surface area contributed by atoms with E-state index < -0.39 is 0 Å². The van der Waals surface area contributed by atoms with E-state index in [1.807, 2.05) is 0 Å². The highest BCUT2D eigenvalue weighted by atomic mass is 79.9. The van der Waals surface area contributed by atoms with Gasteiger partial charge in [-0.3, -0.25) is 0 Å². The van der Waals surface area contributed by atoms with E-state index in [2.05, 4.69) is 27.4 Å². The van der Waals surface area contributed by atoms with E-state index in [1.165, 1.54) is 24.8 Å². The minimum Gasteiger partial charge on any atom is -0.114 e. The molecule has 0 fully saturated rings. The molecule has 0 aliphatic carbocycles. The van der Waals surface area contributed by atoms with Gasteiger partial charge >= 0.3 is 0 Å². The third kappa shape index (κ3) is 11.1. The fourth-order valence-electron chi connectivity index (χ4n) is 0.812. The molecule has 0 amide bonds. The lowest BCUT2D eigenvalue weighted by Gasteiger charge is -2.02. The number of hydrogen-bond acceptors (Lipinski definition) is 0. The van der Waals surface area contributed by atoms with Crippen LogP contribution in [0.3, 0.4) is 0 Å². The van der Waals surface area contributed by atoms with E-state index in [0.717, 1.165) is 5.92 Å². The fourth-order valence-corrected chi connectivity index (χ4v) is 0.812. The van der Waals surface area contributed by atoms with E-state index in [-0.39, 0.29) is 17.0 Å². The minimum absolute atomic E-state index is 0. The van der Waals surface area contributed by atoms with Crippen LogP contribution >= 0.6 is 17.0 Å². The highest BCUT2D eigenvalue weighted by molar-refractivity contribution is 8.93. The summed E-state index contributed by atoms with van der Waals surface area (Å²) in [6.45, 7) is 10.5. The van der Waals surface area contributed by atoms with Gasteiger partial charge < -0.3 is 0 Å². The Labute approximate surface area is 75.5 Å². The van der Waals surface area contributed by atoms with Crippen LogP contribution in [0.5, 0.6) is 0 Å². The summed E-state index contributed by atoms with van der Waals surface area (Å²) in [5, 5.41) is 0. The van der Waals surface area contributed by atoms with Gasteiger partial charge in [0.05, 0.1) is 0 Å². The number of hydrogen-bond donors (Lipinski definition) is 0.